The van der Waals surface area contributed by atoms with Gasteiger partial charge in [0, 0.05) is 31.4 Å². The van der Waals surface area contributed by atoms with Crippen molar-refractivity contribution in [2.75, 3.05) is 13.7 Å². The van der Waals surface area contributed by atoms with E-state index in [0.717, 1.165) is 11.4 Å². The van der Waals surface area contributed by atoms with Crippen LogP contribution < -0.4 is 4.72 Å². The molecule has 124 valence electrons. The number of sulfonamides is 1. The molecule has 0 amide bonds. The third-order valence-electron chi connectivity index (χ3n) is 3.61. The number of esters is 1. The van der Waals surface area contributed by atoms with E-state index in [4.69, 9.17) is 0 Å². The minimum Gasteiger partial charge on any atom is -0.469 e. The number of nitrogens with one attached hydrogen (secondary N) is 1. The second-order valence-corrected chi connectivity index (χ2v) is 6.86. The van der Waals surface area contributed by atoms with E-state index in [9.17, 15) is 13.2 Å². The Hall–Kier alpha value is -2.12. The van der Waals surface area contributed by atoms with Crippen LogP contribution in [0.4, 0.5) is 0 Å². The number of carbonyl (C=O) groups excluding carboxylic acids is 1. The van der Waals surface area contributed by atoms with Gasteiger partial charge in [0.2, 0.25) is 10.0 Å². The lowest BCUT2D eigenvalue weighted by atomic mass is 10.3. The van der Waals surface area contributed by atoms with Gasteiger partial charge in [-0.05, 0) is 24.3 Å². The smallest absolute Gasteiger partial charge is 0.311 e. The van der Waals surface area contributed by atoms with Crippen molar-refractivity contribution in [2.24, 2.45) is 7.05 Å². The second-order valence-electron chi connectivity index (χ2n) is 5.09. The van der Waals surface area contributed by atoms with E-state index < -0.39 is 10.0 Å². The molecule has 0 fully saturated rings. The van der Waals surface area contributed by atoms with Crippen molar-refractivity contribution in [3.8, 4) is 0 Å². The summed E-state index contributed by atoms with van der Waals surface area (Å²) in [4.78, 5) is 11.6. The van der Waals surface area contributed by atoms with E-state index in [1.54, 1.807) is 30.3 Å². The monoisotopic (exact) mass is 336 g/mol. The van der Waals surface area contributed by atoms with Gasteiger partial charge in [-0.25, -0.2) is 13.1 Å². The Bertz CT molecular complexity index is 767. The number of nitrogens with zero attached hydrogens (tertiary/aromatic N) is 1. The summed E-state index contributed by atoms with van der Waals surface area (Å²) in [5, 5.41) is 0. The molecule has 7 heteroatoms. The molecule has 0 saturated heterocycles. The number of benzene rings is 1. The molecule has 0 spiro atoms. The summed E-state index contributed by atoms with van der Waals surface area (Å²) in [7, 11) is -0.295. The first-order valence-electron chi connectivity index (χ1n) is 7.19. The van der Waals surface area contributed by atoms with Gasteiger partial charge in [0.15, 0.2) is 0 Å². The van der Waals surface area contributed by atoms with Crippen molar-refractivity contribution in [3.63, 3.8) is 0 Å². The summed E-state index contributed by atoms with van der Waals surface area (Å²) >= 11 is 0. The van der Waals surface area contributed by atoms with E-state index in [1.807, 2.05) is 23.7 Å². The number of hydrogen-bond acceptors (Lipinski definition) is 4. The highest BCUT2D eigenvalue weighted by molar-refractivity contribution is 7.89. The summed E-state index contributed by atoms with van der Waals surface area (Å²) in [6.45, 7) is 0.284. The van der Waals surface area contributed by atoms with Crippen LogP contribution in [0, 0.1) is 0 Å². The lowest BCUT2D eigenvalue weighted by Gasteiger charge is -2.09. The lowest BCUT2D eigenvalue weighted by molar-refractivity contribution is -0.139. The van der Waals surface area contributed by atoms with Crippen LogP contribution >= 0.6 is 0 Å². The Balaban J connectivity index is 1.96. The molecule has 0 atom stereocenters. The largest absolute Gasteiger partial charge is 0.469 e. The molecule has 0 radical (unpaired) electrons. The molecule has 23 heavy (non-hydrogen) atoms. The number of aromatic nitrogens is 1. The van der Waals surface area contributed by atoms with Gasteiger partial charge in [0.1, 0.15) is 0 Å². The summed E-state index contributed by atoms with van der Waals surface area (Å²) in [5.41, 5.74) is 1.78. The van der Waals surface area contributed by atoms with Crippen LogP contribution in [0.5, 0.6) is 0 Å². The summed E-state index contributed by atoms with van der Waals surface area (Å²) < 4.78 is 33.3. The molecular formula is C16H20N2O4S. The van der Waals surface area contributed by atoms with Crippen LogP contribution in [0.1, 0.15) is 11.4 Å². The van der Waals surface area contributed by atoms with Gasteiger partial charge in [-0.2, -0.15) is 0 Å². The summed E-state index contributed by atoms with van der Waals surface area (Å²) in [6, 6.07) is 12.0. The number of hydrogen-bond donors (Lipinski definition) is 1. The quantitative estimate of drug-likeness (QED) is 0.772. The first kappa shape index (κ1) is 17.2. The first-order valence-corrected chi connectivity index (χ1v) is 8.67. The van der Waals surface area contributed by atoms with Gasteiger partial charge in [-0.1, -0.05) is 18.2 Å². The fourth-order valence-electron chi connectivity index (χ4n) is 2.25. The average Bonchev–Trinajstić information content (AvgIpc) is 2.88. The van der Waals surface area contributed by atoms with Gasteiger partial charge in [-0.15, -0.1) is 0 Å². The molecular weight excluding hydrogens is 316 g/mol. The van der Waals surface area contributed by atoms with Gasteiger partial charge in [0.05, 0.1) is 18.4 Å². The molecule has 6 nitrogen and oxygen atoms in total. The standard InChI is InChI=1S/C16H20N2O4S/c1-18-13(8-9-14(18)12-16(19)22-2)10-11-17-23(20,21)15-6-4-3-5-7-15/h3-9,17H,10-12H2,1-2H3. The highest BCUT2D eigenvalue weighted by Gasteiger charge is 2.14. The van der Waals surface area contributed by atoms with Crippen LogP contribution in [0.3, 0.4) is 0 Å². The minimum absolute atomic E-state index is 0.197. The predicted octanol–water partition coefficient (Wildman–Crippen LogP) is 1.26. The topological polar surface area (TPSA) is 77.4 Å². The number of carbonyl (C=O) groups is 1. The number of methoxy groups -OCH3 is 1. The van der Waals surface area contributed by atoms with Crippen molar-refractivity contribution in [2.45, 2.75) is 17.7 Å². The lowest BCUT2D eigenvalue weighted by Crippen LogP contribution is -2.26. The molecule has 2 aromatic rings. The number of ether oxygens (including phenoxy) is 1. The van der Waals surface area contributed by atoms with Crippen molar-refractivity contribution in [1.29, 1.82) is 0 Å². The maximum atomic E-state index is 12.1. The third kappa shape index (κ3) is 4.43. The van der Waals surface area contributed by atoms with E-state index in [1.165, 1.54) is 7.11 Å². The minimum atomic E-state index is -3.49. The van der Waals surface area contributed by atoms with Crippen LogP contribution in [0.25, 0.3) is 0 Å². The molecule has 1 N–H and O–H groups in total. The Labute approximate surface area is 136 Å². The van der Waals surface area contributed by atoms with Crippen LogP contribution in [0.2, 0.25) is 0 Å². The van der Waals surface area contributed by atoms with Gasteiger partial charge < -0.3 is 9.30 Å². The predicted molar refractivity (Wildman–Crippen MR) is 86.5 cm³/mol. The summed E-state index contributed by atoms with van der Waals surface area (Å²) in [6.07, 6.45) is 0.729. The maximum Gasteiger partial charge on any atom is 0.311 e. The van der Waals surface area contributed by atoms with Gasteiger partial charge in [0.25, 0.3) is 0 Å². The first-order chi connectivity index (χ1) is 10.9. The van der Waals surface area contributed by atoms with Crippen molar-refractivity contribution in [1.82, 2.24) is 9.29 Å². The zero-order chi connectivity index (χ0) is 16.9. The Morgan fingerprint density at radius 1 is 1.13 bits per heavy atom. The second kappa shape index (κ2) is 7.43. The average molecular weight is 336 g/mol. The zero-order valence-corrected chi connectivity index (χ0v) is 14.0. The third-order valence-corrected chi connectivity index (χ3v) is 5.09. The normalized spacial score (nSPS) is 11.4. The Morgan fingerprint density at radius 2 is 1.78 bits per heavy atom. The van der Waals surface area contributed by atoms with Crippen LogP contribution in [-0.2, 0) is 39.4 Å². The highest BCUT2D eigenvalue weighted by Crippen LogP contribution is 2.10. The molecule has 0 bridgehead atoms. The SMILES string of the molecule is COC(=O)Cc1ccc(CCNS(=O)(=O)c2ccccc2)n1C. The maximum absolute atomic E-state index is 12.1. The number of rotatable bonds is 7. The van der Waals surface area contributed by atoms with Gasteiger partial charge in [-0.3, -0.25) is 4.79 Å². The van der Waals surface area contributed by atoms with Crippen LogP contribution in [0.15, 0.2) is 47.4 Å². The molecule has 0 aliphatic heterocycles. The molecule has 0 saturated carbocycles. The Morgan fingerprint density at radius 3 is 2.43 bits per heavy atom. The van der Waals surface area contributed by atoms with Gasteiger partial charge >= 0.3 is 5.97 Å². The molecule has 2 rings (SSSR count). The van der Waals surface area contributed by atoms with Crippen LogP contribution in [-0.4, -0.2) is 32.6 Å². The molecule has 1 heterocycles. The van der Waals surface area contributed by atoms with E-state index in [0.29, 0.717) is 6.42 Å². The van der Waals surface area contributed by atoms with E-state index in [2.05, 4.69) is 9.46 Å². The highest BCUT2D eigenvalue weighted by atomic mass is 32.2. The molecule has 1 aromatic heterocycles. The molecule has 1 aromatic carbocycles. The van der Waals surface area contributed by atoms with Crippen molar-refractivity contribution < 1.29 is 17.9 Å². The van der Waals surface area contributed by atoms with Crippen molar-refractivity contribution >= 4 is 16.0 Å². The molecule has 0 aliphatic rings. The fraction of sp³-hybridized carbons (Fsp3) is 0.312. The molecule has 0 unspecified atom stereocenters. The van der Waals surface area contributed by atoms with E-state index in [-0.39, 0.29) is 23.8 Å². The van der Waals surface area contributed by atoms with Crippen molar-refractivity contribution in [3.05, 3.63) is 53.9 Å². The van der Waals surface area contributed by atoms with E-state index >= 15 is 0 Å². The molecule has 0 aliphatic carbocycles. The Kier molecular flexibility index (Phi) is 5.57. The fourth-order valence-corrected chi connectivity index (χ4v) is 3.30. The summed E-state index contributed by atoms with van der Waals surface area (Å²) in [5.74, 6) is -0.303. The zero-order valence-electron chi connectivity index (χ0n) is 13.2.